The highest BCUT2D eigenvalue weighted by atomic mass is 16.2. The number of ketones is 2. The molecule has 1 aliphatic carbocycles. The van der Waals surface area contributed by atoms with E-state index in [4.69, 9.17) is 5.73 Å². The molecule has 0 saturated heterocycles. The van der Waals surface area contributed by atoms with Crippen LogP contribution in [-0.4, -0.2) is 17.6 Å². The van der Waals surface area contributed by atoms with E-state index in [-0.39, 0.29) is 24.0 Å². The fourth-order valence-electron chi connectivity index (χ4n) is 1.42. The van der Waals surface area contributed by atoms with Gasteiger partial charge < -0.3 is 5.73 Å². The minimum atomic E-state index is -0.463. The molecule has 0 aromatic carbocycles. The quantitative estimate of drug-likeness (QED) is 0.595. The average molecular weight is 155 g/mol. The Balaban J connectivity index is 2.46. The maximum Gasteiger partial charge on any atom is 0.152 e. The third-order valence-electron chi connectivity index (χ3n) is 2.09. The zero-order chi connectivity index (χ0) is 8.43. The molecule has 0 bridgehead atoms. The second kappa shape index (κ2) is 3.13. The van der Waals surface area contributed by atoms with Crippen molar-refractivity contribution in [3.63, 3.8) is 0 Å². The number of carbonyl (C=O) groups is 2. The first-order valence-electron chi connectivity index (χ1n) is 3.97. The van der Waals surface area contributed by atoms with Crippen molar-refractivity contribution in [3.8, 4) is 0 Å². The highest BCUT2D eigenvalue weighted by Gasteiger charge is 2.41. The number of hydrogen-bond acceptors (Lipinski definition) is 3. The summed E-state index contributed by atoms with van der Waals surface area (Å²) >= 11 is 0. The van der Waals surface area contributed by atoms with Gasteiger partial charge in [0, 0.05) is 6.04 Å². The molecule has 2 N–H and O–H groups in total. The van der Waals surface area contributed by atoms with Gasteiger partial charge in [-0.2, -0.15) is 0 Å². The molecule has 1 fully saturated rings. The van der Waals surface area contributed by atoms with E-state index in [1.54, 1.807) is 0 Å². The van der Waals surface area contributed by atoms with E-state index in [9.17, 15) is 9.59 Å². The molecule has 0 radical (unpaired) electrons. The second-order valence-corrected chi connectivity index (χ2v) is 3.04. The van der Waals surface area contributed by atoms with E-state index in [0.717, 1.165) is 12.8 Å². The highest BCUT2D eigenvalue weighted by molar-refractivity contribution is 6.21. The van der Waals surface area contributed by atoms with Gasteiger partial charge in [0.2, 0.25) is 0 Å². The Morgan fingerprint density at radius 3 is 2.45 bits per heavy atom. The summed E-state index contributed by atoms with van der Waals surface area (Å²) in [5.41, 5.74) is 5.63. The summed E-state index contributed by atoms with van der Waals surface area (Å²) in [7, 11) is 0. The van der Waals surface area contributed by atoms with E-state index in [0.29, 0.717) is 0 Å². The standard InChI is InChI=1S/C8H13NO2/c1-2-3-5(9)8-6(10)4-7(8)11/h5,8H,2-4,9H2,1H3. The Morgan fingerprint density at radius 2 is 2.09 bits per heavy atom. The van der Waals surface area contributed by atoms with E-state index in [2.05, 4.69) is 0 Å². The first-order valence-corrected chi connectivity index (χ1v) is 3.97. The Hall–Kier alpha value is -0.700. The summed E-state index contributed by atoms with van der Waals surface area (Å²) in [6, 6.07) is -0.228. The van der Waals surface area contributed by atoms with Gasteiger partial charge in [-0.3, -0.25) is 9.59 Å². The van der Waals surface area contributed by atoms with Crippen molar-refractivity contribution in [1.29, 1.82) is 0 Å². The van der Waals surface area contributed by atoms with Gasteiger partial charge in [-0.15, -0.1) is 0 Å². The van der Waals surface area contributed by atoms with Gasteiger partial charge in [0.1, 0.15) is 0 Å². The molecule has 11 heavy (non-hydrogen) atoms. The summed E-state index contributed by atoms with van der Waals surface area (Å²) in [4.78, 5) is 21.7. The van der Waals surface area contributed by atoms with Crippen LogP contribution in [0.15, 0.2) is 0 Å². The van der Waals surface area contributed by atoms with Gasteiger partial charge in [0.15, 0.2) is 11.6 Å². The summed E-state index contributed by atoms with van der Waals surface area (Å²) in [5.74, 6) is -0.415. The molecular weight excluding hydrogens is 142 g/mol. The van der Waals surface area contributed by atoms with Crippen LogP contribution in [0.3, 0.4) is 0 Å². The van der Waals surface area contributed by atoms with Crippen LogP contribution < -0.4 is 5.73 Å². The number of rotatable bonds is 3. The van der Waals surface area contributed by atoms with Crippen LogP contribution in [0.4, 0.5) is 0 Å². The van der Waals surface area contributed by atoms with Crippen LogP contribution in [0.25, 0.3) is 0 Å². The molecule has 1 aliphatic rings. The van der Waals surface area contributed by atoms with Crippen LogP contribution in [0.2, 0.25) is 0 Å². The molecule has 0 aromatic heterocycles. The topological polar surface area (TPSA) is 60.2 Å². The van der Waals surface area contributed by atoms with E-state index >= 15 is 0 Å². The van der Waals surface area contributed by atoms with Gasteiger partial charge in [0.05, 0.1) is 12.3 Å². The van der Waals surface area contributed by atoms with Crippen molar-refractivity contribution >= 4 is 11.6 Å². The minimum absolute atomic E-state index is 0.0240. The lowest BCUT2D eigenvalue weighted by molar-refractivity contribution is -0.144. The van der Waals surface area contributed by atoms with Crippen molar-refractivity contribution in [3.05, 3.63) is 0 Å². The zero-order valence-corrected chi connectivity index (χ0v) is 6.67. The van der Waals surface area contributed by atoms with Gasteiger partial charge in [-0.25, -0.2) is 0 Å². The molecule has 1 atom stereocenters. The normalized spacial score (nSPS) is 21.6. The van der Waals surface area contributed by atoms with Crippen LogP contribution in [0, 0.1) is 5.92 Å². The van der Waals surface area contributed by atoms with E-state index in [1.165, 1.54) is 0 Å². The molecule has 62 valence electrons. The van der Waals surface area contributed by atoms with Crippen LogP contribution in [-0.2, 0) is 9.59 Å². The summed E-state index contributed by atoms with van der Waals surface area (Å²) in [6.07, 6.45) is 1.81. The fraction of sp³-hybridized carbons (Fsp3) is 0.750. The minimum Gasteiger partial charge on any atom is -0.327 e. The van der Waals surface area contributed by atoms with Crippen LogP contribution in [0.1, 0.15) is 26.2 Å². The maximum absolute atomic E-state index is 10.9. The molecule has 1 unspecified atom stereocenters. The molecule has 1 rings (SSSR count). The fourth-order valence-corrected chi connectivity index (χ4v) is 1.42. The van der Waals surface area contributed by atoms with Gasteiger partial charge in [0.25, 0.3) is 0 Å². The lowest BCUT2D eigenvalue weighted by Crippen LogP contribution is -2.49. The summed E-state index contributed by atoms with van der Waals surface area (Å²) < 4.78 is 0. The monoisotopic (exact) mass is 155 g/mol. The van der Waals surface area contributed by atoms with Gasteiger partial charge in [-0.1, -0.05) is 13.3 Å². The van der Waals surface area contributed by atoms with Crippen molar-refractivity contribution in [2.24, 2.45) is 11.7 Å². The van der Waals surface area contributed by atoms with E-state index in [1.807, 2.05) is 6.92 Å². The molecule has 0 aliphatic heterocycles. The summed E-state index contributed by atoms with van der Waals surface area (Å²) in [5, 5.41) is 0. The zero-order valence-electron chi connectivity index (χ0n) is 6.67. The molecule has 3 heteroatoms. The number of carbonyl (C=O) groups excluding carboxylic acids is 2. The predicted octanol–water partition coefficient (Wildman–Crippen LogP) is 0.272. The third-order valence-corrected chi connectivity index (χ3v) is 2.09. The Bertz CT molecular complexity index is 175. The van der Waals surface area contributed by atoms with Crippen molar-refractivity contribution in [2.75, 3.05) is 0 Å². The molecular formula is C8H13NO2. The van der Waals surface area contributed by atoms with Crippen molar-refractivity contribution in [1.82, 2.24) is 0 Å². The molecule has 0 spiro atoms. The van der Waals surface area contributed by atoms with Crippen molar-refractivity contribution < 1.29 is 9.59 Å². The lowest BCUT2D eigenvalue weighted by atomic mass is 9.76. The van der Waals surface area contributed by atoms with Crippen molar-refractivity contribution in [2.45, 2.75) is 32.2 Å². The third kappa shape index (κ3) is 1.48. The predicted molar refractivity (Wildman–Crippen MR) is 41.0 cm³/mol. The summed E-state index contributed by atoms with van der Waals surface area (Å²) in [6.45, 7) is 1.99. The Kier molecular flexibility index (Phi) is 2.39. The highest BCUT2D eigenvalue weighted by Crippen LogP contribution is 2.22. The first kappa shape index (κ1) is 8.40. The molecule has 0 heterocycles. The molecule has 3 nitrogen and oxygen atoms in total. The molecule has 0 amide bonds. The average Bonchev–Trinajstić information content (AvgIpc) is 1.87. The van der Waals surface area contributed by atoms with Gasteiger partial charge >= 0.3 is 0 Å². The largest absolute Gasteiger partial charge is 0.327 e. The SMILES string of the molecule is CCCC(N)C1C(=O)CC1=O. The maximum atomic E-state index is 10.9. The smallest absolute Gasteiger partial charge is 0.152 e. The Labute approximate surface area is 66.0 Å². The molecule has 1 saturated carbocycles. The van der Waals surface area contributed by atoms with Crippen LogP contribution >= 0.6 is 0 Å². The van der Waals surface area contributed by atoms with Crippen LogP contribution in [0.5, 0.6) is 0 Å². The number of hydrogen-bond donors (Lipinski definition) is 1. The number of Topliss-reactive ketones (excluding diaryl/α,β-unsaturated/α-hetero) is 2. The number of nitrogens with two attached hydrogens (primary N) is 1. The van der Waals surface area contributed by atoms with E-state index < -0.39 is 5.92 Å². The first-order chi connectivity index (χ1) is 5.16. The Morgan fingerprint density at radius 1 is 1.55 bits per heavy atom. The molecule has 0 aromatic rings. The van der Waals surface area contributed by atoms with Gasteiger partial charge in [-0.05, 0) is 6.42 Å². The second-order valence-electron chi connectivity index (χ2n) is 3.04. The lowest BCUT2D eigenvalue weighted by Gasteiger charge is -2.27.